The summed E-state index contributed by atoms with van der Waals surface area (Å²) in [4.78, 5) is 4.46. The highest BCUT2D eigenvalue weighted by Gasteiger charge is 2.22. The summed E-state index contributed by atoms with van der Waals surface area (Å²) in [5, 5.41) is 39.4. The molecular weight excluding hydrogens is 247 g/mol. The van der Waals surface area contributed by atoms with Crippen molar-refractivity contribution < 1.29 is 20.4 Å². The van der Waals surface area contributed by atoms with Crippen LogP contribution in [0.4, 0.5) is 0 Å². The van der Waals surface area contributed by atoms with Gasteiger partial charge in [0.15, 0.2) is 17.4 Å². The lowest BCUT2D eigenvalue weighted by Gasteiger charge is -2.11. The maximum absolute atomic E-state index is 9.98. The average molecular weight is 262 g/mol. The van der Waals surface area contributed by atoms with Crippen molar-refractivity contribution in [3.05, 3.63) is 5.56 Å². The SMILES string of the molecule is [B]c1c(O)c(O)c2[nH]c(O)c(CCN(C)C)c2c1O. The molecule has 5 N–H and O–H groups in total. The number of aromatic hydroxyl groups is 4. The fourth-order valence-electron chi connectivity index (χ4n) is 2.04. The first-order chi connectivity index (χ1) is 8.84. The van der Waals surface area contributed by atoms with Gasteiger partial charge in [-0.1, -0.05) is 0 Å². The second-order valence-electron chi connectivity index (χ2n) is 4.71. The van der Waals surface area contributed by atoms with E-state index in [0.29, 0.717) is 18.5 Å². The van der Waals surface area contributed by atoms with E-state index in [1.165, 1.54) is 0 Å². The molecule has 0 aliphatic carbocycles. The van der Waals surface area contributed by atoms with Gasteiger partial charge in [0.1, 0.15) is 13.6 Å². The smallest absolute Gasteiger partial charge is 0.192 e. The number of fused-ring (bicyclic) bond motifs is 1. The maximum atomic E-state index is 9.98. The van der Waals surface area contributed by atoms with Gasteiger partial charge < -0.3 is 30.3 Å². The van der Waals surface area contributed by atoms with Gasteiger partial charge in [-0.05, 0) is 26.0 Å². The molecule has 1 heterocycles. The van der Waals surface area contributed by atoms with Crippen LogP contribution in [-0.4, -0.2) is 58.8 Å². The van der Waals surface area contributed by atoms with Crippen molar-refractivity contribution in [2.45, 2.75) is 6.42 Å². The normalized spacial score (nSPS) is 11.5. The van der Waals surface area contributed by atoms with Gasteiger partial charge in [0.25, 0.3) is 0 Å². The summed E-state index contributed by atoms with van der Waals surface area (Å²) >= 11 is 0. The Bertz CT molecular complexity index is 637. The van der Waals surface area contributed by atoms with Gasteiger partial charge in [-0.15, -0.1) is 0 Å². The Morgan fingerprint density at radius 2 is 1.68 bits per heavy atom. The van der Waals surface area contributed by atoms with Crippen LogP contribution in [0.25, 0.3) is 10.9 Å². The number of H-pyrrole nitrogens is 1. The van der Waals surface area contributed by atoms with E-state index in [-0.39, 0.29) is 28.0 Å². The number of nitrogens with zero attached hydrogens (tertiary/aromatic N) is 1. The van der Waals surface area contributed by atoms with Gasteiger partial charge in [0.05, 0.1) is 10.9 Å². The van der Waals surface area contributed by atoms with Crippen LogP contribution >= 0.6 is 0 Å². The van der Waals surface area contributed by atoms with Crippen molar-refractivity contribution in [3.8, 4) is 23.1 Å². The van der Waals surface area contributed by atoms with Gasteiger partial charge in [0.2, 0.25) is 0 Å². The molecule has 1 aromatic heterocycles. The van der Waals surface area contributed by atoms with Gasteiger partial charge in [-0.3, -0.25) is 0 Å². The monoisotopic (exact) mass is 262 g/mol. The van der Waals surface area contributed by atoms with Crippen LogP contribution in [0.3, 0.4) is 0 Å². The Morgan fingerprint density at radius 1 is 1.05 bits per heavy atom. The van der Waals surface area contributed by atoms with Crippen LogP contribution < -0.4 is 5.46 Å². The minimum absolute atomic E-state index is 0.0652. The third kappa shape index (κ3) is 2.06. The van der Waals surface area contributed by atoms with Crippen molar-refractivity contribution in [2.24, 2.45) is 0 Å². The summed E-state index contributed by atoms with van der Waals surface area (Å²) in [7, 11) is 9.27. The number of aromatic amines is 1. The summed E-state index contributed by atoms with van der Waals surface area (Å²) in [5.74, 6) is -1.61. The molecule has 0 amide bonds. The molecule has 0 saturated carbocycles. The number of likely N-dealkylation sites (N-methyl/N-ethyl adjacent to an activating group) is 1. The van der Waals surface area contributed by atoms with Crippen LogP contribution in [0.1, 0.15) is 5.56 Å². The molecule has 0 unspecified atom stereocenters. The molecule has 2 rings (SSSR count). The largest absolute Gasteiger partial charge is 0.508 e. The summed E-state index contributed by atoms with van der Waals surface area (Å²) in [6.45, 7) is 0.640. The molecule has 19 heavy (non-hydrogen) atoms. The molecule has 0 fully saturated rings. The topological polar surface area (TPSA) is 100.0 Å². The van der Waals surface area contributed by atoms with E-state index < -0.39 is 11.5 Å². The Balaban J connectivity index is 2.68. The first kappa shape index (κ1) is 13.4. The number of nitrogens with one attached hydrogen (secondary N) is 1. The molecule has 0 spiro atoms. The second kappa shape index (κ2) is 4.58. The molecule has 0 aliphatic heterocycles. The van der Waals surface area contributed by atoms with E-state index in [1.54, 1.807) is 0 Å². The predicted molar refractivity (Wildman–Crippen MR) is 72.6 cm³/mol. The number of aromatic nitrogens is 1. The molecular formula is C12H15BN2O4. The van der Waals surface area contributed by atoms with Crippen molar-refractivity contribution in [2.75, 3.05) is 20.6 Å². The molecule has 2 radical (unpaired) electrons. The van der Waals surface area contributed by atoms with Gasteiger partial charge in [-0.2, -0.15) is 0 Å². The zero-order valence-electron chi connectivity index (χ0n) is 10.7. The Labute approximate surface area is 111 Å². The van der Waals surface area contributed by atoms with Gasteiger partial charge in [-0.25, -0.2) is 0 Å². The van der Waals surface area contributed by atoms with Gasteiger partial charge >= 0.3 is 0 Å². The highest BCUT2D eigenvalue weighted by molar-refractivity contribution is 6.38. The molecule has 1 aromatic carbocycles. The second-order valence-corrected chi connectivity index (χ2v) is 4.71. The zero-order valence-corrected chi connectivity index (χ0v) is 10.7. The van der Waals surface area contributed by atoms with Crippen LogP contribution in [-0.2, 0) is 6.42 Å². The Kier molecular flexibility index (Phi) is 3.24. The highest BCUT2D eigenvalue weighted by Crippen LogP contribution is 2.41. The van der Waals surface area contributed by atoms with Crippen LogP contribution in [0.5, 0.6) is 23.1 Å². The lowest BCUT2D eigenvalue weighted by Crippen LogP contribution is -2.15. The number of hydrogen-bond acceptors (Lipinski definition) is 5. The predicted octanol–water partition coefficient (Wildman–Crippen LogP) is -0.112. The molecule has 0 saturated heterocycles. The van der Waals surface area contributed by atoms with E-state index in [1.807, 2.05) is 19.0 Å². The molecule has 0 atom stereocenters. The Morgan fingerprint density at radius 3 is 2.26 bits per heavy atom. The van der Waals surface area contributed by atoms with Crippen molar-refractivity contribution in [1.82, 2.24) is 9.88 Å². The quantitative estimate of drug-likeness (QED) is 0.302. The number of rotatable bonds is 3. The van der Waals surface area contributed by atoms with E-state index >= 15 is 0 Å². The average Bonchev–Trinajstić information content (AvgIpc) is 2.68. The fraction of sp³-hybridized carbons (Fsp3) is 0.333. The molecule has 6 nitrogen and oxygen atoms in total. The number of phenolic OH excluding ortho intramolecular Hbond substituents is 3. The van der Waals surface area contributed by atoms with Crippen LogP contribution in [0.2, 0.25) is 0 Å². The summed E-state index contributed by atoms with van der Waals surface area (Å²) in [6.07, 6.45) is 0.454. The fourth-order valence-corrected chi connectivity index (χ4v) is 2.04. The van der Waals surface area contributed by atoms with Crippen LogP contribution in [0.15, 0.2) is 0 Å². The maximum Gasteiger partial charge on any atom is 0.192 e. The molecule has 100 valence electrons. The zero-order chi connectivity index (χ0) is 14.3. The highest BCUT2D eigenvalue weighted by atomic mass is 16.3. The molecule has 2 aromatic rings. The number of phenols is 3. The molecule has 7 heteroatoms. The molecule has 0 bridgehead atoms. The summed E-state index contributed by atoms with van der Waals surface area (Å²) in [6, 6.07) is 0. The Hall–Kier alpha value is -2.02. The first-order valence-corrected chi connectivity index (χ1v) is 5.75. The van der Waals surface area contributed by atoms with Crippen LogP contribution in [0, 0.1) is 0 Å². The minimum Gasteiger partial charge on any atom is -0.508 e. The standard InChI is InChI=1S/C12H15BN2O4/c1-15(2)4-3-5-6-8(14-12(5)19)11(18)10(17)7(13)9(6)16/h14,16-19H,3-4H2,1-2H3. The third-order valence-corrected chi connectivity index (χ3v) is 3.10. The van der Waals surface area contributed by atoms with E-state index in [9.17, 15) is 20.4 Å². The van der Waals surface area contributed by atoms with Crippen molar-refractivity contribution >= 4 is 24.2 Å². The van der Waals surface area contributed by atoms with Crippen molar-refractivity contribution in [3.63, 3.8) is 0 Å². The third-order valence-electron chi connectivity index (χ3n) is 3.10. The minimum atomic E-state index is -0.606. The number of benzene rings is 1. The van der Waals surface area contributed by atoms with E-state index in [0.717, 1.165) is 0 Å². The summed E-state index contributed by atoms with van der Waals surface area (Å²) < 4.78 is 0. The van der Waals surface area contributed by atoms with E-state index in [4.69, 9.17) is 7.85 Å². The van der Waals surface area contributed by atoms with Gasteiger partial charge in [0, 0.05) is 12.1 Å². The lowest BCUT2D eigenvalue weighted by atomic mass is 9.90. The summed E-state index contributed by atoms with van der Waals surface area (Å²) in [5.41, 5.74) is 0.203. The molecule has 0 aliphatic rings. The van der Waals surface area contributed by atoms with Crippen molar-refractivity contribution in [1.29, 1.82) is 0 Å². The lowest BCUT2D eigenvalue weighted by molar-refractivity contribution is 0.404. The first-order valence-electron chi connectivity index (χ1n) is 5.75. The number of hydrogen-bond donors (Lipinski definition) is 5. The van der Waals surface area contributed by atoms with E-state index in [2.05, 4.69) is 4.98 Å².